The molecule has 0 atom stereocenters. The Hall–Kier alpha value is -2.03. The first-order valence-electron chi connectivity index (χ1n) is 8.95. The molecule has 0 aliphatic heterocycles. The number of rotatable bonds is 5. The van der Waals surface area contributed by atoms with Crippen molar-refractivity contribution in [3.05, 3.63) is 72.1 Å². The summed E-state index contributed by atoms with van der Waals surface area (Å²) in [5.74, 6) is -1.24. The lowest BCUT2D eigenvalue weighted by atomic mass is 9.77. The average molecular weight is 344 g/mol. The van der Waals surface area contributed by atoms with Gasteiger partial charge in [-0.25, -0.2) is 13.2 Å². The molecule has 0 radical (unpaired) electrons. The molecule has 1 aliphatic rings. The van der Waals surface area contributed by atoms with E-state index >= 15 is 0 Å². The van der Waals surface area contributed by atoms with Gasteiger partial charge in [-0.05, 0) is 73.6 Å². The van der Waals surface area contributed by atoms with Crippen LogP contribution in [0.5, 0.6) is 0 Å². The Morgan fingerprint density at radius 1 is 0.880 bits per heavy atom. The lowest BCUT2D eigenvalue weighted by Crippen LogP contribution is -2.15. The third-order valence-corrected chi connectivity index (χ3v) is 5.33. The van der Waals surface area contributed by atoms with Gasteiger partial charge in [0.2, 0.25) is 0 Å². The molecule has 1 fully saturated rings. The van der Waals surface area contributed by atoms with Gasteiger partial charge in [-0.3, -0.25) is 0 Å². The number of hydrogen-bond acceptors (Lipinski definition) is 0. The van der Waals surface area contributed by atoms with E-state index in [-0.39, 0.29) is 11.5 Å². The molecular weight excluding hydrogens is 321 g/mol. The quantitative estimate of drug-likeness (QED) is 0.512. The van der Waals surface area contributed by atoms with E-state index in [1.165, 1.54) is 24.3 Å². The molecule has 3 heteroatoms. The Bertz CT molecular complexity index is 726. The van der Waals surface area contributed by atoms with Crippen molar-refractivity contribution >= 4 is 0 Å². The Balaban J connectivity index is 1.77. The Kier molecular flexibility index (Phi) is 5.62. The van der Waals surface area contributed by atoms with E-state index in [9.17, 15) is 13.2 Å². The fourth-order valence-corrected chi connectivity index (χ4v) is 3.85. The predicted octanol–water partition coefficient (Wildman–Crippen LogP) is 7.01. The summed E-state index contributed by atoms with van der Waals surface area (Å²) in [6.07, 6.45) is 8.00. The van der Waals surface area contributed by atoms with Crippen LogP contribution in [0.4, 0.5) is 13.2 Å². The molecule has 3 rings (SSSR count). The van der Waals surface area contributed by atoms with E-state index in [0.717, 1.165) is 38.5 Å². The summed E-state index contributed by atoms with van der Waals surface area (Å²) in [4.78, 5) is 0. The van der Waals surface area contributed by atoms with Gasteiger partial charge < -0.3 is 0 Å². The second-order valence-corrected chi connectivity index (χ2v) is 6.92. The average Bonchev–Trinajstić information content (AvgIpc) is 2.64. The highest BCUT2D eigenvalue weighted by molar-refractivity contribution is 5.64. The summed E-state index contributed by atoms with van der Waals surface area (Å²) in [6, 6.07) is 8.77. The van der Waals surface area contributed by atoms with Crippen LogP contribution >= 0.6 is 0 Å². The van der Waals surface area contributed by atoms with Crippen molar-refractivity contribution in [1.82, 2.24) is 0 Å². The van der Waals surface area contributed by atoms with Crippen molar-refractivity contribution in [2.45, 2.75) is 44.4 Å². The molecule has 2 aromatic carbocycles. The Morgan fingerprint density at radius 3 is 2.20 bits per heavy atom. The van der Waals surface area contributed by atoms with E-state index in [4.69, 9.17) is 0 Å². The van der Waals surface area contributed by atoms with E-state index < -0.39 is 17.5 Å². The minimum absolute atomic E-state index is 0.0803. The van der Waals surface area contributed by atoms with Gasteiger partial charge in [0.25, 0.3) is 0 Å². The van der Waals surface area contributed by atoms with E-state index in [1.807, 2.05) is 6.08 Å². The molecular formula is C22H23F3. The van der Waals surface area contributed by atoms with Gasteiger partial charge in [0, 0.05) is 5.56 Å². The number of allylic oxidation sites excluding steroid dienone is 1. The summed E-state index contributed by atoms with van der Waals surface area (Å²) in [5.41, 5.74) is 1.14. The monoisotopic (exact) mass is 344 g/mol. The second-order valence-electron chi connectivity index (χ2n) is 6.92. The zero-order valence-electron chi connectivity index (χ0n) is 14.3. The minimum Gasteiger partial charge on any atom is -0.207 e. The summed E-state index contributed by atoms with van der Waals surface area (Å²) in [6.45, 7) is 3.75. The molecule has 0 nitrogen and oxygen atoms in total. The van der Waals surface area contributed by atoms with Crippen LogP contribution in [0.2, 0.25) is 0 Å². The maximum Gasteiger partial charge on any atom is 0.166 e. The van der Waals surface area contributed by atoms with Crippen LogP contribution in [0.3, 0.4) is 0 Å². The van der Waals surface area contributed by atoms with Crippen LogP contribution in [0.1, 0.15) is 50.0 Å². The molecule has 0 amide bonds. The minimum atomic E-state index is -0.835. The molecule has 0 unspecified atom stereocenters. The zero-order valence-corrected chi connectivity index (χ0v) is 14.3. The smallest absolute Gasteiger partial charge is 0.166 e. The van der Waals surface area contributed by atoms with E-state index in [0.29, 0.717) is 17.0 Å². The third-order valence-electron chi connectivity index (χ3n) is 5.33. The summed E-state index contributed by atoms with van der Waals surface area (Å²) >= 11 is 0. The molecule has 0 aromatic heterocycles. The van der Waals surface area contributed by atoms with Crippen LogP contribution in [-0.4, -0.2) is 0 Å². The van der Waals surface area contributed by atoms with Crippen LogP contribution in [0.15, 0.2) is 49.1 Å². The fraction of sp³-hybridized carbons (Fsp3) is 0.364. The predicted molar refractivity (Wildman–Crippen MR) is 95.9 cm³/mol. The maximum absolute atomic E-state index is 14.6. The Labute approximate surface area is 147 Å². The van der Waals surface area contributed by atoms with Gasteiger partial charge in [0.05, 0.1) is 0 Å². The standard InChI is InChI=1S/C22H23F3/c1-2-3-4-15-5-7-16(8-6-15)19-13-14-20(22(25)21(19)24)17-9-11-18(23)12-10-17/h2,9-16H,1,3-8H2. The molecule has 25 heavy (non-hydrogen) atoms. The van der Waals surface area contributed by atoms with Crippen LogP contribution in [-0.2, 0) is 0 Å². The highest BCUT2D eigenvalue weighted by Crippen LogP contribution is 2.40. The summed E-state index contributed by atoms with van der Waals surface area (Å²) < 4.78 is 42.2. The van der Waals surface area contributed by atoms with Crippen LogP contribution in [0.25, 0.3) is 11.1 Å². The fourth-order valence-electron chi connectivity index (χ4n) is 3.85. The third kappa shape index (κ3) is 3.97. The SMILES string of the molecule is C=CCCC1CCC(c2ccc(-c3ccc(F)cc3)c(F)c2F)CC1. The number of hydrogen-bond donors (Lipinski definition) is 0. The van der Waals surface area contributed by atoms with Crippen LogP contribution in [0, 0.1) is 23.4 Å². The molecule has 1 saturated carbocycles. The van der Waals surface area contributed by atoms with Gasteiger partial charge in [-0.2, -0.15) is 0 Å². The van der Waals surface area contributed by atoms with Crippen molar-refractivity contribution < 1.29 is 13.2 Å². The van der Waals surface area contributed by atoms with Gasteiger partial charge >= 0.3 is 0 Å². The number of benzene rings is 2. The van der Waals surface area contributed by atoms with E-state index in [1.54, 1.807) is 12.1 Å². The topological polar surface area (TPSA) is 0 Å². The zero-order chi connectivity index (χ0) is 17.8. The van der Waals surface area contributed by atoms with Gasteiger partial charge in [0.15, 0.2) is 11.6 Å². The Morgan fingerprint density at radius 2 is 1.56 bits per heavy atom. The molecule has 0 saturated heterocycles. The van der Waals surface area contributed by atoms with Crippen LogP contribution < -0.4 is 0 Å². The molecule has 132 valence electrons. The first kappa shape index (κ1) is 17.8. The molecule has 2 aromatic rings. The van der Waals surface area contributed by atoms with Crippen molar-refractivity contribution in [2.75, 3.05) is 0 Å². The lowest BCUT2D eigenvalue weighted by Gasteiger charge is -2.29. The van der Waals surface area contributed by atoms with Gasteiger partial charge in [-0.1, -0.05) is 30.3 Å². The van der Waals surface area contributed by atoms with Gasteiger partial charge in [-0.15, -0.1) is 6.58 Å². The summed E-state index contributed by atoms with van der Waals surface area (Å²) in [5, 5.41) is 0. The normalized spacial score (nSPS) is 20.4. The lowest BCUT2D eigenvalue weighted by molar-refractivity contribution is 0.306. The number of halogens is 3. The second kappa shape index (κ2) is 7.90. The molecule has 0 heterocycles. The molecule has 0 spiro atoms. The van der Waals surface area contributed by atoms with Crippen molar-refractivity contribution in [3.63, 3.8) is 0 Å². The van der Waals surface area contributed by atoms with E-state index in [2.05, 4.69) is 6.58 Å². The summed E-state index contributed by atoms with van der Waals surface area (Å²) in [7, 11) is 0. The highest BCUT2D eigenvalue weighted by Gasteiger charge is 2.26. The molecule has 1 aliphatic carbocycles. The van der Waals surface area contributed by atoms with Crippen molar-refractivity contribution in [3.8, 4) is 11.1 Å². The largest absolute Gasteiger partial charge is 0.207 e. The van der Waals surface area contributed by atoms with Gasteiger partial charge in [0.1, 0.15) is 5.82 Å². The molecule has 0 bridgehead atoms. The highest BCUT2D eigenvalue weighted by atomic mass is 19.2. The van der Waals surface area contributed by atoms with Crippen molar-refractivity contribution in [1.29, 1.82) is 0 Å². The first-order valence-corrected chi connectivity index (χ1v) is 8.95. The maximum atomic E-state index is 14.6. The van der Waals surface area contributed by atoms with Crippen molar-refractivity contribution in [2.24, 2.45) is 5.92 Å². The first-order chi connectivity index (χ1) is 12.1. The molecule has 0 N–H and O–H groups in total.